The van der Waals surface area contributed by atoms with E-state index < -0.39 is 28.8 Å². The molecule has 1 heterocycles. The standard InChI is InChI=1S/C8H12F3N3O3S/c1-2-6-12-4-7(14-6)18(16,17)13-3-5(15)8(9,10)11/h4-5,13,15H,2-3H2,1H3,(H,12,14). The normalized spacial score (nSPS) is 14.7. The van der Waals surface area contributed by atoms with Gasteiger partial charge in [-0.3, -0.25) is 0 Å². The minimum absolute atomic E-state index is 0.339. The van der Waals surface area contributed by atoms with Crippen molar-refractivity contribution in [3.63, 3.8) is 0 Å². The fraction of sp³-hybridized carbons (Fsp3) is 0.625. The van der Waals surface area contributed by atoms with Crippen molar-refractivity contribution in [2.24, 2.45) is 0 Å². The van der Waals surface area contributed by atoms with E-state index in [2.05, 4.69) is 9.97 Å². The van der Waals surface area contributed by atoms with Gasteiger partial charge < -0.3 is 10.1 Å². The topological polar surface area (TPSA) is 95.1 Å². The van der Waals surface area contributed by atoms with Crippen LogP contribution in [0.4, 0.5) is 13.2 Å². The molecule has 0 aliphatic rings. The van der Waals surface area contributed by atoms with Gasteiger partial charge in [0.2, 0.25) is 0 Å². The van der Waals surface area contributed by atoms with E-state index in [0.29, 0.717) is 12.2 Å². The molecular formula is C8H12F3N3O3S. The number of sulfonamides is 1. The Kier molecular flexibility index (Phi) is 4.35. The highest BCUT2D eigenvalue weighted by atomic mass is 32.2. The molecule has 0 radical (unpaired) electrons. The summed E-state index contributed by atoms with van der Waals surface area (Å²) in [6.07, 6.45) is -6.16. The second-order valence-corrected chi connectivity index (χ2v) is 5.19. The highest BCUT2D eigenvalue weighted by molar-refractivity contribution is 7.89. The molecule has 0 aliphatic carbocycles. The van der Waals surface area contributed by atoms with E-state index in [1.165, 1.54) is 0 Å². The molecule has 1 aromatic heterocycles. The van der Waals surface area contributed by atoms with Gasteiger partial charge in [0.1, 0.15) is 5.82 Å². The van der Waals surface area contributed by atoms with E-state index in [9.17, 15) is 21.6 Å². The van der Waals surface area contributed by atoms with Crippen molar-refractivity contribution in [1.82, 2.24) is 14.7 Å². The first-order valence-corrected chi connectivity index (χ1v) is 6.43. The molecule has 0 aromatic carbocycles. The van der Waals surface area contributed by atoms with E-state index in [1.54, 1.807) is 11.6 Å². The molecular weight excluding hydrogens is 275 g/mol. The van der Waals surface area contributed by atoms with Gasteiger partial charge in [-0.25, -0.2) is 18.1 Å². The molecule has 0 saturated heterocycles. The number of H-pyrrole nitrogens is 1. The summed E-state index contributed by atoms with van der Waals surface area (Å²) in [5.74, 6) is 0.395. The van der Waals surface area contributed by atoms with Gasteiger partial charge >= 0.3 is 6.18 Å². The van der Waals surface area contributed by atoms with Crippen LogP contribution in [0.25, 0.3) is 0 Å². The number of aliphatic hydroxyl groups excluding tert-OH is 1. The van der Waals surface area contributed by atoms with E-state index in [-0.39, 0.29) is 5.03 Å². The number of hydrogen-bond donors (Lipinski definition) is 3. The van der Waals surface area contributed by atoms with E-state index in [1.807, 2.05) is 0 Å². The van der Waals surface area contributed by atoms with Crippen LogP contribution < -0.4 is 4.72 Å². The smallest absolute Gasteiger partial charge is 0.382 e. The molecule has 10 heteroatoms. The lowest BCUT2D eigenvalue weighted by molar-refractivity contribution is -0.200. The number of aryl methyl sites for hydroxylation is 1. The van der Waals surface area contributed by atoms with Crippen molar-refractivity contribution in [3.8, 4) is 0 Å². The summed E-state index contributed by atoms with van der Waals surface area (Å²) in [6.45, 7) is 0.586. The van der Waals surface area contributed by atoms with E-state index in [4.69, 9.17) is 5.11 Å². The van der Waals surface area contributed by atoms with Crippen molar-refractivity contribution >= 4 is 10.0 Å². The minimum atomic E-state index is -4.87. The predicted molar refractivity (Wildman–Crippen MR) is 55.2 cm³/mol. The molecule has 1 atom stereocenters. The van der Waals surface area contributed by atoms with Crippen molar-refractivity contribution < 1.29 is 26.7 Å². The Morgan fingerprint density at radius 2 is 2.17 bits per heavy atom. The van der Waals surface area contributed by atoms with Crippen LogP contribution in [-0.4, -0.2) is 42.3 Å². The summed E-state index contributed by atoms with van der Waals surface area (Å²) in [4.78, 5) is 6.16. The molecule has 0 fully saturated rings. The highest BCUT2D eigenvalue weighted by Crippen LogP contribution is 2.19. The van der Waals surface area contributed by atoms with Gasteiger partial charge in [0.25, 0.3) is 10.0 Å². The third kappa shape index (κ3) is 3.68. The molecule has 1 unspecified atom stereocenters. The zero-order valence-corrected chi connectivity index (χ0v) is 10.1. The molecule has 1 rings (SSSR count). The maximum atomic E-state index is 12.0. The largest absolute Gasteiger partial charge is 0.415 e. The van der Waals surface area contributed by atoms with Crippen LogP contribution in [0.15, 0.2) is 11.2 Å². The summed E-state index contributed by atoms with van der Waals surface area (Å²) in [5.41, 5.74) is 0. The van der Waals surface area contributed by atoms with Gasteiger partial charge in [-0.2, -0.15) is 13.2 Å². The Balaban J connectivity index is 2.71. The number of aromatic amines is 1. The summed E-state index contributed by atoms with van der Waals surface area (Å²) in [7, 11) is -4.13. The summed E-state index contributed by atoms with van der Waals surface area (Å²) < 4.78 is 60.7. The number of nitrogens with zero attached hydrogens (tertiary/aromatic N) is 1. The molecule has 3 N–H and O–H groups in total. The quantitative estimate of drug-likeness (QED) is 0.719. The number of rotatable bonds is 5. The van der Waals surface area contributed by atoms with Crippen molar-refractivity contribution in [3.05, 3.63) is 12.0 Å². The lowest BCUT2D eigenvalue weighted by Crippen LogP contribution is -2.40. The summed E-state index contributed by atoms with van der Waals surface area (Å²) in [5, 5.41) is 8.33. The SMILES string of the molecule is CCc1ncc(S(=O)(=O)NCC(O)C(F)(F)F)[nH]1. The van der Waals surface area contributed by atoms with Crippen molar-refractivity contribution in [1.29, 1.82) is 0 Å². The lowest BCUT2D eigenvalue weighted by Gasteiger charge is -2.14. The maximum absolute atomic E-state index is 12.0. The first kappa shape index (κ1) is 14.9. The molecule has 0 bridgehead atoms. The van der Waals surface area contributed by atoms with Crippen molar-refractivity contribution in [2.45, 2.75) is 30.7 Å². The van der Waals surface area contributed by atoms with Gasteiger partial charge in [0.05, 0.1) is 6.20 Å². The maximum Gasteiger partial charge on any atom is 0.415 e. The van der Waals surface area contributed by atoms with E-state index in [0.717, 1.165) is 6.20 Å². The third-order valence-corrected chi connectivity index (χ3v) is 3.41. The molecule has 1 aromatic rings. The zero-order valence-electron chi connectivity index (χ0n) is 9.32. The summed E-state index contributed by atoms with van der Waals surface area (Å²) >= 11 is 0. The Morgan fingerprint density at radius 1 is 1.56 bits per heavy atom. The second-order valence-electron chi connectivity index (χ2n) is 3.46. The average molecular weight is 287 g/mol. The molecule has 0 amide bonds. The highest BCUT2D eigenvalue weighted by Gasteiger charge is 2.38. The number of imidazole rings is 1. The van der Waals surface area contributed by atoms with Crippen LogP contribution in [0.1, 0.15) is 12.7 Å². The number of alkyl halides is 3. The monoisotopic (exact) mass is 287 g/mol. The summed E-state index contributed by atoms with van der Waals surface area (Å²) in [6, 6.07) is 0. The minimum Gasteiger partial charge on any atom is -0.382 e. The Labute approximate surface area is 101 Å². The fourth-order valence-corrected chi connectivity index (χ4v) is 2.02. The van der Waals surface area contributed by atoms with Crippen LogP contribution in [0.3, 0.4) is 0 Å². The molecule has 6 nitrogen and oxygen atoms in total. The first-order chi connectivity index (χ1) is 8.16. The molecule has 0 spiro atoms. The Hall–Kier alpha value is -1.13. The van der Waals surface area contributed by atoms with E-state index >= 15 is 0 Å². The van der Waals surface area contributed by atoms with Gasteiger partial charge in [-0.1, -0.05) is 6.92 Å². The fourth-order valence-electron chi connectivity index (χ4n) is 1.04. The molecule has 104 valence electrons. The Morgan fingerprint density at radius 3 is 2.61 bits per heavy atom. The van der Waals surface area contributed by atoms with Gasteiger partial charge in [0.15, 0.2) is 11.1 Å². The lowest BCUT2D eigenvalue weighted by atomic mass is 10.4. The molecule has 0 saturated carbocycles. The molecule has 18 heavy (non-hydrogen) atoms. The zero-order chi connectivity index (χ0) is 14.0. The van der Waals surface area contributed by atoms with Crippen LogP contribution in [0.5, 0.6) is 0 Å². The van der Waals surface area contributed by atoms with Crippen LogP contribution in [0.2, 0.25) is 0 Å². The number of aliphatic hydroxyl groups is 1. The first-order valence-electron chi connectivity index (χ1n) is 4.95. The van der Waals surface area contributed by atoms with Crippen molar-refractivity contribution in [2.75, 3.05) is 6.54 Å². The van der Waals surface area contributed by atoms with Crippen LogP contribution in [-0.2, 0) is 16.4 Å². The number of aromatic nitrogens is 2. The van der Waals surface area contributed by atoms with Gasteiger partial charge in [0, 0.05) is 13.0 Å². The number of nitrogens with one attached hydrogen (secondary N) is 2. The molecule has 0 aliphatic heterocycles. The Bertz CT molecular complexity index is 497. The average Bonchev–Trinajstić information content (AvgIpc) is 2.73. The van der Waals surface area contributed by atoms with Gasteiger partial charge in [-0.05, 0) is 0 Å². The number of hydrogen-bond acceptors (Lipinski definition) is 4. The van der Waals surface area contributed by atoms with Crippen LogP contribution >= 0.6 is 0 Å². The van der Waals surface area contributed by atoms with Crippen LogP contribution in [0, 0.1) is 0 Å². The predicted octanol–water partition coefficient (Wildman–Crippen LogP) is 0.174. The van der Waals surface area contributed by atoms with Gasteiger partial charge in [-0.15, -0.1) is 0 Å². The number of halogens is 3. The second kappa shape index (κ2) is 5.24. The third-order valence-electron chi connectivity index (χ3n) is 2.07.